The molecule has 0 atom stereocenters. The summed E-state index contributed by atoms with van der Waals surface area (Å²) in [5, 5.41) is 2.95. The van der Waals surface area contributed by atoms with Gasteiger partial charge in [-0.1, -0.05) is 6.07 Å². The molecule has 4 nitrogen and oxygen atoms in total. The predicted molar refractivity (Wildman–Crippen MR) is 56.8 cm³/mol. The number of hydrogen-bond donors (Lipinski definition) is 3. The van der Waals surface area contributed by atoms with E-state index in [0.717, 1.165) is 11.3 Å². The lowest BCUT2D eigenvalue weighted by molar-refractivity contribution is 1.36. The first-order valence-corrected chi connectivity index (χ1v) is 3.99. The summed E-state index contributed by atoms with van der Waals surface area (Å²) < 4.78 is 0. The molecule has 0 radical (unpaired) electrons. The topological polar surface area (TPSA) is 76.4 Å². The van der Waals surface area contributed by atoms with Gasteiger partial charge in [0.1, 0.15) is 0 Å². The summed E-state index contributed by atoms with van der Waals surface area (Å²) in [6.07, 6.45) is 0. The van der Waals surface area contributed by atoms with Crippen LogP contribution < -0.4 is 16.8 Å². The highest BCUT2D eigenvalue weighted by Gasteiger charge is 1.98. The summed E-state index contributed by atoms with van der Waals surface area (Å²) in [5.74, 6) is 0.383. The van der Waals surface area contributed by atoms with Crippen molar-refractivity contribution >= 4 is 17.3 Å². The number of rotatable bonds is 1. The summed E-state index contributed by atoms with van der Waals surface area (Å²) in [6, 6.07) is 5.60. The molecule has 0 aliphatic carbocycles. The molecule has 0 spiro atoms. The van der Waals surface area contributed by atoms with E-state index in [0.29, 0.717) is 11.6 Å². The zero-order chi connectivity index (χ0) is 9.84. The Bertz CT molecular complexity index is 330. The maximum atomic E-state index is 5.62. The second kappa shape index (κ2) is 3.80. The first kappa shape index (κ1) is 9.38. The minimum atomic E-state index is 0.383. The van der Waals surface area contributed by atoms with Gasteiger partial charge in [0, 0.05) is 18.4 Å². The largest absolute Gasteiger partial charge is 0.399 e. The van der Waals surface area contributed by atoms with Gasteiger partial charge in [-0.05, 0) is 24.6 Å². The van der Waals surface area contributed by atoms with Gasteiger partial charge < -0.3 is 16.8 Å². The zero-order valence-electron chi connectivity index (χ0n) is 7.83. The molecule has 0 bridgehead atoms. The highest BCUT2D eigenvalue weighted by atomic mass is 15.1. The van der Waals surface area contributed by atoms with Crippen molar-refractivity contribution in [3.63, 3.8) is 0 Å². The summed E-state index contributed by atoms with van der Waals surface area (Å²) in [4.78, 5) is 3.80. The fraction of sp³-hybridized carbons (Fsp3) is 0.222. The molecule has 0 heterocycles. The number of anilines is 2. The van der Waals surface area contributed by atoms with Gasteiger partial charge >= 0.3 is 0 Å². The molecule has 5 N–H and O–H groups in total. The zero-order valence-corrected chi connectivity index (χ0v) is 7.83. The fourth-order valence-corrected chi connectivity index (χ4v) is 0.968. The second-order valence-corrected chi connectivity index (χ2v) is 2.81. The van der Waals surface area contributed by atoms with Gasteiger partial charge in [0.05, 0.1) is 0 Å². The molecule has 0 unspecified atom stereocenters. The van der Waals surface area contributed by atoms with E-state index in [2.05, 4.69) is 10.3 Å². The van der Waals surface area contributed by atoms with Crippen LogP contribution in [0.25, 0.3) is 0 Å². The summed E-state index contributed by atoms with van der Waals surface area (Å²) in [6.45, 7) is 1.98. The van der Waals surface area contributed by atoms with Crippen LogP contribution in [0, 0.1) is 6.92 Å². The van der Waals surface area contributed by atoms with Crippen LogP contribution in [0.3, 0.4) is 0 Å². The molecule has 0 aliphatic rings. The van der Waals surface area contributed by atoms with E-state index < -0.39 is 0 Å². The van der Waals surface area contributed by atoms with Gasteiger partial charge in [0.2, 0.25) is 0 Å². The molecular formula is C9H14N4. The third kappa shape index (κ3) is 2.37. The van der Waals surface area contributed by atoms with E-state index in [4.69, 9.17) is 11.5 Å². The number of nitrogens with one attached hydrogen (secondary N) is 1. The maximum Gasteiger partial charge on any atom is 0.192 e. The third-order valence-electron chi connectivity index (χ3n) is 1.77. The lowest BCUT2D eigenvalue weighted by atomic mass is 10.2. The molecule has 1 aromatic carbocycles. The number of hydrogen-bond acceptors (Lipinski definition) is 2. The highest BCUT2D eigenvalue weighted by molar-refractivity contribution is 5.93. The van der Waals surface area contributed by atoms with E-state index in [1.54, 1.807) is 7.05 Å². The van der Waals surface area contributed by atoms with Gasteiger partial charge in [-0.3, -0.25) is 4.99 Å². The van der Waals surface area contributed by atoms with Crippen LogP contribution in [-0.4, -0.2) is 13.0 Å². The number of nitrogen functional groups attached to an aromatic ring is 1. The molecule has 1 aromatic rings. The lowest BCUT2D eigenvalue weighted by Gasteiger charge is -2.08. The minimum Gasteiger partial charge on any atom is -0.399 e. The van der Waals surface area contributed by atoms with Gasteiger partial charge in [0.25, 0.3) is 0 Å². The number of aryl methyl sites for hydroxylation is 1. The average molecular weight is 178 g/mol. The smallest absolute Gasteiger partial charge is 0.192 e. The Kier molecular flexibility index (Phi) is 2.74. The predicted octanol–water partition coefficient (Wildman–Crippen LogP) is 0.934. The van der Waals surface area contributed by atoms with E-state index in [-0.39, 0.29) is 0 Å². The molecule has 70 valence electrons. The van der Waals surface area contributed by atoms with E-state index in [9.17, 15) is 0 Å². The SMILES string of the molecule is CN=C(N)Nc1cc(N)ccc1C. The van der Waals surface area contributed by atoms with Crippen LogP contribution in [-0.2, 0) is 0 Å². The molecule has 13 heavy (non-hydrogen) atoms. The Morgan fingerprint density at radius 2 is 2.15 bits per heavy atom. The van der Waals surface area contributed by atoms with Crippen LogP contribution in [0.2, 0.25) is 0 Å². The number of nitrogens with zero attached hydrogens (tertiary/aromatic N) is 1. The van der Waals surface area contributed by atoms with Crippen LogP contribution >= 0.6 is 0 Å². The fourth-order valence-electron chi connectivity index (χ4n) is 0.968. The number of benzene rings is 1. The minimum absolute atomic E-state index is 0.383. The van der Waals surface area contributed by atoms with Gasteiger partial charge in [-0.2, -0.15) is 0 Å². The molecule has 0 saturated carbocycles. The average Bonchev–Trinajstić information content (AvgIpc) is 2.11. The van der Waals surface area contributed by atoms with Crippen LogP contribution in [0.4, 0.5) is 11.4 Å². The van der Waals surface area contributed by atoms with Crippen molar-refractivity contribution in [2.75, 3.05) is 18.1 Å². The molecule has 0 aliphatic heterocycles. The quantitative estimate of drug-likeness (QED) is 0.340. The Hall–Kier alpha value is -1.71. The van der Waals surface area contributed by atoms with Crippen molar-refractivity contribution in [3.8, 4) is 0 Å². The molecule has 0 aromatic heterocycles. The summed E-state index contributed by atoms with van der Waals surface area (Å²) in [5.41, 5.74) is 13.8. The van der Waals surface area contributed by atoms with Crippen molar-refractivity contribution in [3.05, 3.63) is 23.8 Å². The Labute approximate surface area is 77.7 Å². The van der Waals surface area contributed by atoms with Crippen molar-refractivity contribution < 1.29 is 0 Å². The molecule has 0 amide bonds. The molecule has 4 heteroatoms. The first-order chi connectivity index (χ1) is 6.13. The van der Waals surface area contributed by atoms with Crippen LogP contribution in [0.5, 0.6) is 0 Å². The van der Waals surface area contributed by atoms with Gasteiger partial charge in [-0.15, -0.1) is 0 Å². The van der Waals surface area contributed by atoms with Gasteiger partial charge in [0.15, 0.2) is 5.96 Å². The van der Waals surface area contributed by atoms with Crippen molar-refractivity contribution in [1.82, 2.24) is 0 Å². The van der Waals surface area contributed by atoms with E-state index >= 15 is 0 Å². The van der Waals surface area contributed by atoms with Crippen molar-refractivity contribution in [1.29, 1.82) is 0 Å². The van der Waals surface area contributed by atoms with E-state index in [1.807, 2.05) is 25.1 Å². The number of aliphatic imine (C=N–C) groups is 1. The first-order valence-electron chi connectivity index (χ1n) is 3.99. The van der Waals surface area contributed by atoms with E-state index in [1.165, 1.54) is 0 Å². The molecule has 0 fully saturated rings. The number of guanidine groups is 1. The van der Waals surface area contributed by atoms with Crippen molar-refractivity contribution in [2.24, 2.45) is 10.7 Å². The Balaban J connectivity index is 2.94. The van der Waals surface area contributed by atoms with Gasteiger partial charge in [-0.25, -0.2) is 0 Å². The summed E-state index contributed by atoms with van der Waals surface area (Å²) in [7, 11) is 1.63. The van der Waals surface area contributed by atoms with Crippen LogP contribution in [0.15, 0.2) is 23.2 Å². The molecule has 1 rings (SSSR count). The molecule has 0 saturated heterocycles. The number of nitrogens with two attached hydrogens (primary N) is 2. The monoisotopic (exact) mass is 178 g/mol. The van der Waals surface area contributed by atoms with Crippen molar-refractivity contribution in [2.45, 2.75) is 6.92 Å². The molecular weight excluding hydrogens is 164 g/mol. The third-order valence-corrected chi connectivity index (χ3v) is 1.77. The Morgan fingerprint density at radius 3 is 2.77 bits per heavy atom. The lowest BCUT2D eigenvalue weighted by Crippen LogP contribution is -2.22. The maximum absolute atomic E-state index is 5.62. The summed E-state index contributed by atoms with van der Waals surface area (Å²) >= 11 is 0. The normalized spacial score (nSPS) is 11.4. The van der Waals surface area contributed by atoms with Crippen LogP contribution in [0.1, 0.15) is 5.56 Å². The highest BCUT2D eigenvalue weighted by Crippen LogP contribution is 2.17. The standard InChI is InChI=1S/C9H14N4/c1-6-3-4-7(10)5-8(6)13-9(11)12-2/h3-5H,10H2,1-2H3,(H3,11,12,13). The second-order valence-electron chi connectivity index (χ2n) is 2.81. The Morgan fingerprint density at radius 1 is 1.46 bits per heavy atom.